The van der Waals surface area contributed by atoms with Gasteiger partial charge in [0.15, 0.2) is 6.10 Å². The SMILES string of the molecule is CCN(CCCN(C)C)C(=O)N1CCOC(C(=O)O)C1. The van der Waals surface area contributed by atoms with Crippen molar-refractivity contribution in [2.75, 3.05) is 53.4 Å². The summed E-state index contributed by atoms with van der Waals surface area (Å²) in [6.07, 6.45) is -0.00703. The molecule has 1 aliphatic heterocycles. The number of aliphatic carboxylic acids is 1. The normalized spacial score (nSPS) is 19.2. The third-order valence-electron chi connectivity index (χ3n) is 3.30. The maximum atomic E-state index is 12.4. The highest BCUT2D eigenvalue weighted by Gasteiger charge is 2.30. The molecule has 0 aliphatic carbocycles. The van der Waals surface area contributed by atoms with E-state index in [0.717, 1.165) is 13.0 Å². The van der Waals surface area contributed by atoms with Crippen LogP contribution in [0, 0.1) is 0 Å². The lowest BCUT2D eigenvalue weighted by atomic mass is 10.3. The van der Waals surface area contributed by atoms with Crippen molar-refractivity contribution in [2.24, 2.45) is 0 Å². The van der Waals surface area contributed by atoms with E-state index < -0.39 is 12.1 Å². The van der Waals surface area contributed by atoms with Crippen molar-refractivity contribution in [1.82, 2.24) is 14.7 Å². The first-order chi connectivity index (χ1) is 9.45. The Balaban J connectivity index is 2.50. The second-order valence-electron chi connectivity index (χ2n) is 5.16. The van der Waals surface area contributed by atoms with Gasteiger partial charge in [0.2, 0.25) is 0 Å². The minimum atomic E-state index is -1.02. The van der Waals surface area contributed by atoms with Crippen LogP contribution in [0.1, 0.15) is 13.3 Å². The number of hydrogen-bond acceptors (Lipinski definition) is 4. The van der Waals surface area contributed by atoms with Crippen LogP contribution in [0.2, 0.25) is 0 Å². The highest BCUT2D eigenvalue weighted by atomic mass is 16.5. The van der Waals surface area contributed by atoms with E-state index in [9.17, 15) is 9.59 Å². The Bertz CT molecular complexity index is 336. The smallest absolute Gasteiger partial charge is 0.334 e. The van der Waals surface area contributed by atoms with E-state index in [1.54, 1.807) is 9.80 Å². The summed E-state index contributed by atoms with van der Waals surface area (Å²) in [7, 11) is 4.00. The summed E-state index contributed by atoms with van der Waals surface area (Å²) < 4.78 is 5.13. The number of morpholine rings is 1. The van der Waals surface area contributed by atoms with Gasteiger partial charge in [0.25, 0.3) is 0 Å². The second kappa shape index (κ2) is 8.06. The van der Waals surface area contributed by atoms with Crippen LogP contribution in [0.15, 0.2) is 0 Å². The van der Waals surface area contributed by atoms with E-state index in [-0.39, 0.29) is 19.2 Å². The van der Waals surface area contributed by atoms with Crippen molar-refractivity contribution in [3.8, 4) is 0 Å². The van der Waals surface area contributed by atoms with Crippen molar-refractivity contribution < 1.29 is 19.4 Å². The van der Waals surface area contributed by atoms with Gasteiger partial charge in [-0.25, -0.2) is 9.59 Å². The molecule has 0 aromatic rings. The summed E-state index contributed by atoms with van der Waals surface area (Å²) in [4.78, 5) is 28.7. The van der Waals surface area contributed by atoms with Crippen LogP contribution in [0.25, 0.3) is 0 Å². The average molecular weight is 287 g/mol. The molecular formula is C13H25N3O4. The number of carboxylic acid groups (broad SMARTS) is 1. The first-order valence-corrected chi connectivity index (χ1v) is 6.98. The molecule has 0 spiro atoms. The summed E-state index contributed by atoms with van der Waals surface area (Å²) in [6, 6.07) is -0.0965. The molecule has 1 N–H and O–H groups in total. The highest BCUT2D eigenvalue weighted by Crippen LogP contribution is 2.09. The first-order valence-electron chi connectivity index (χ1n) is 6.98. The number of hydrogen-bond donors (Lipinski definition) is 1. The molecule has 20 heavy (non-hydrogen) atoms. The lowest BCUT2D eigenvalue weighted by Crippen LogP contribution is -2.53. The second-order valence-corrected chi connectivity index (χ2v) is 5.16. The summed E-state index contributed by atoms with van der Waals surface area (Å²) in [6.45, 7) is 5.01. The maximum Gasteiger partial charge on any atom is 0.334 e. The van der Waals surface area contributed by atoms with Gasteiger partial charge in [-0.1, -0.05) is 0 Å². The molecule has 7 nitrogen and oxygen atoms in total. The van der Waals surface area contributed by atoms with Crippen molar-refractivity contribution in [3.05, 3.63) is 0 Å². The van der Waals surface area contributed by atoms with Crippen LogP contribution in [0.3, 0.4) is 0 Å². The highest BCUT2D eigenvalue weighted by molar-refractivity contribution is 5.77. The average Bonchev–Trinajstić information content (AvgIpc) is 2.42. The summed E-state index contributed by atoms with van der Waals surface area (Å²) >= 11 is 0. The molecule has 1 aliphatic rings. The monoisotopic (exact) mass is 287 g/mol. The van der Waals surface area contributed by atoms with E-state index >= 15 is 0 Å². The van der Waals surface area contributed by atoms with Gasteiger partial charge < -0.3 is 24.5 Å². The lowest BCUT2D eigenvalue weighted by molar-refractivity contribution is -0.154. The van der Waals surface area contributed by atoms with Crippen LogP contribution in [0.5, 0.6) is 0 Å². The van der Waals surface area contributed by atoms with Gasteiger partial charge in [0.1, 0.15) is 0 Å². The van der Waals surface area contributed by atoms with Crippen molar-refractivity contribution in [1.29, 1.82) is 0 Å². The minimum Gasteiger partial charge on any atom is -0.479 e. The molecule has 116 valence electrons. The fourth-order valence-electron chi connectivity index (χ4n) is 2.14. The van der Waals surface area contributed by atoms with Crippen LogP contribution in [-0.4, -0.2) is 91.3 Å². The van der Waals surface area contributed by atoms with Gasteiger partial charge in [-0.15, -0.1) is 0 Å². The molecule has 7 heteroatoms. The third-order valence-corrected chi connectivity index (χ3v) is 3.30. The number of urea groups is 1. The topological polar surface area (TPSA) is 73.3 Å². The van der Waals surface area contributed by atoms with Crippen molar-refractivity contribution in [2.45, 2.75) is 19.4 Å². The van der Waals surface area contributed by atoms with Crippen molar-refractivity contribution >= 4 is 12.0 Å². The van der Waals surface area contributed by atoms with Gasteiger partial charge >= 0.3 is 12.0 Å². The molecule has 1 saturated heterocycles. The standard InChI is InChI=1S/C13H25N3O4/c1-4-15(7-5-6-14(2)3)13(19)16-8-9-20-11(10-16)12(17)18/h11H,4-10H2,1-3H3,(H,17,18). The Morgan fingerprint density at radius 3 is 2.60 bits per heavy atom. The Kier molecular flexibility index (Phi) is 6.74. The summed E-state index contributed by atoms with van der Waals surface area (Å²) in [5, 5.41) is 8.95. The molecule has 0 aromatic heterocycles. The van der Waals surface area contributed by atoms with E-state index in [2.05, 4.69) is 4.90 Å². The number of nitrogens with zero attached hydrogens (tertiary/aromatic N) is 3. The van der Waals surface area contributed by atoms with Gasteiger partial charge in [-0.05, 0) is 34.0 Å². The first kappa shape index (κ1) is 16.7. The third kappa shape index (κ3) is 4.97. The molecule has 1 fully saturated rings. The number of carbonyl (C=O) groups is 2. The molecule has 1 unspecified atom stereocenters. The zero-order chi connectivity index (χ0) is 15.1. The molecule has 0 bridgehead atoms. The van der Waals surface area contributed by atoms with Crippen molar-refractivity contribution in [3.63, 3.8) is 0 Å². The molecular weight excluding hydrogens is 262 g/mol. The number of carbonyl (C=O) groups excluding carboxylic acids is 1. The van der Waals surface area contributed by atoms with E-state index in [1.807, 2.05) is 21.0 Å². The lowest BCUT2D eigenvalue weighted by Gasteiger charge is -2.35. The van der Waals surface area contributed by atoms with E-state index in [4.69, 9.17) is 9.84 Å². The van der Waals surface area contributed by atoms with Gasteiger partial charge in [0, 0.05) is 19.6 Å². The number of ether oxygens (including phenoxy) is 1. The molecule has 0 radical (unpaired) electrons. The summed E-state index contributed by atoms with van der Waals surface area (Å²) in [5.74, 6) is -1.02. The maximum absolute atomic E-state index is 12.4. The Hall–Kier alpha value is -1.34. The van der Waals surface area contributed by atoms with Crippen LogP contribution < -0.4 is 0 Å². The van der Waals surface area contributed by atoms with Gasteiger partial charge in [0.05, 0.1) is 13.2 Å². The van der Waals surface area contributed by atoms with Crippen LogP contribution in [-0.2, 0) is 9.53 Å². The number of amides is 2. The number of carboxylic acids is 1. The zero-order valence-corrected chi connectivity index (χ0v) is 12.5. The fraction of sp³-hybridized carbons (Fsp3) is 0.846. The molecule has 1 heterocycles. The van der Waals surface area contributed by atoms with E-state index in [0.29, 0.717) is 19.6 Å². The predicted octanol–water partition coefficient (Wildman–Crippen LogP) is 0.165. The molecule has 0 saturated carbocycles. The molecule has 0 aromatic carbocycles. The minimum absolute atomic E-state index is 0.0965. The Morgan fingerprint density at radius 2 is 2.05 bits per heavy atom. The molecule has 1 rings (SSSR count). The summed E-state index contributed by atoms with van der Waals surface area (Å²) in [5.41, 5.74) is 0. The zero-order valence-electron chi connectivity index (χ0n) is 12.5. The van der Waals surface area contributed by atoms with Gasteiger partial charge in [-0.2, -0.15) is 0 Å². The van der Waals surface area contributed by atoms with E-state index in [1.165, 1.54) is 0 Å². The molecule has 2 amide bonds. The van der Waals surface area contributed by atoms with Crippen LogP contribution in [0.4, 0.5) is 4.79 Å². The Labute approximate surface area is 120 Å². The van der Waals surface area contributed by atoms with Gasteiger partial charge in [-0.3, -0.25) is 0 Å². The quantitative estimate of drug-likeness (QED) is 0.753. The molecule has 1 atom stereocenters. The van der Waals surface area contributed by atoms with Crippen LogP contribution >= 0.6 is 0 Å². The number of rotatable bonds is 6. The Morgan fingerprint density at radius 1 is 1.35 bits per heavy atom. The fourth-order valence-corrected chi connectivity index (χ4v) is 2.14. The predicted molar refractivity (Wildman–Crippen MR) is 74.8 cm³/mol. The largest absolute Gasteiger partial charge is 0.479 e.